The second-order valence-corrected chi connectivity index (χ2v) is 13.0. The lowest BCUT2D eigenvalue weighted by Crippen LogP contribution is -2.32. The van der Waals surface area contributed by atoms with E-state index in [1.54, 1.807) is 18.4 Å². The summed E-state index contributed by atoms with van der Waals surface area (Å²) >= 11 is 0. The molecule has 0 aliphatic carbocycles. The molecule has 5 atom stereocenters. The molecule has 7 rings (SSSR count). The van der Waals surface area contributed by atoms with Gasteiger partial charge in [-0.25, -0.2) is 27.3 Å². The largest absolute Gasteiger partial charge is 0.464 e. The molecule has 2 fully saturated rings. The van der Waals surface area contributed by atoms with Crippen LogP contribution in [0.2, 0.25) is 0 Å². The van der Waals surface area contributed by atoms with Gasteiger partial charge in [0.1, 0.15) is 12.3 Å². The molecule has 5 heterocycles. The maximum atomic E-state index is 14.6. The fourth-order valence-corrected chi connectivity index (χ4v) is 7.70. The van der Waals surface area contributed by atoms with E-state index in [4.69, 9.17) is 4.74 Å². The Bertz CT molecular complexity index is 1740. The molecule has 0 spiro atoms. The van der Waals surface area contributed by atoms with E-state index < -0.39 is 30.8 Å². The molecule has 0 radical (unpaired) electrons. The molecule has 0 N–H and O–H groups in total. The van der Waals surface area contributed by atoms with Crippen LogP contribution in [0, 0.1) is 18.8 Å². The Hall–Kier alpha value is -3.93. The van der Waals surface area contributed by atoms with Crippen LogP contribution < -0.4 is 4.90 Å². The van der Waals surface area contributed by atoms with E-state index in [1.165, 1.54) is 23.3 Å². The lowest BCUT2D eigenvalue weighted by atomic mass is 9.95. The van der Waals surface area contributed by atoms with Gasteiger partial charge >= 0.3 is 5.97 Å². The van der Waals surface area contributed by atoms with Crippen molar-refractivity contribution < 1.29 is 27.1 Å². The molecule has 2 unspecified atom stereocenters. The number of fused-ring (bicyclic) bond motifs is 3. The molecule has 46 heavy (non-hydrogen) atoms. The van der Waals surface area contributed by atoms with Gasteiger partial charge in [-0.2, -0.15) is 5.10 Å². The molecule has 3 aliphatic rings. The molecule has 244 valence electrons. The summed E-state index contributed by atoms with van der Waals surface area (Å²) in [6, 6.07) is 8.31. The van der Waals surface area contributed by atoms with E-state index in [1.807, 2.05) is 31.2 Å². The number of anilines is 1. The second-order valence-electron chi connectivity index (χ2n) is 13.0. The van der Waals surface area contributed by atoms with Gasteiger partial charge in [0, 0.05) is 67.7 Å². The Labute approximate surface area is 264 Å². The summed E-state index contributed by atoms with van der Waals surface area (Å²) in [4.78, 5) is 22.2. The monoisotopic (exact) mass is 638 g/mol. The SMILES string of the molecule is CCOC(=O)C(c1ncn2c1C[C@@H](F)C2)n1cc2c(C(F)F)cc(-c3ccc(N4C[C@H]5CN(CC(C)F)C[C@H]5C4)cc3)c(C)c2n1. The van der Waals surface area contributed by atoms with Crippen molar-refractivity contribution in [3.8, 4) is 11.1 Å². The molecule has 2 saturated heterocycles. The van der Waals surface area contributed by atoms with Crippen molar-refractivity contribution in [2.45, 2.75) is 58.5 Å². The number of aryl methyl sites for hydroxylation is 1. The highest BCUT2D eigenvalue weighted by Crippen LogP contribution is 2.39. The van der Waals surface area contributed by atoms with Crippen LogP contribution in [0.15, 0.2) is 42.9 Å². The highest BCUT2D eigenvalue weighted by atomic mass is 19.3. The number of hydrogen-bond acceptors (Lipinski definition) is 6. The van der Waals surface area contributed by atoms with E-state index in [9.17, 15) is 22.4 Å². The number of likely N-dealkylation sites (tertiary alicyclic amines) is 1. The number of benzene rings is 2. The molecule has 0 saturated carbocycles. The number of imidazole rings is 1. The molecular weight excluding hydrogens is 600 g/mol. The van der Waals surface area contributed by atoms with Gasteiger partial charge in [-0.05, 0) is 67.5 Å². The Morgan fingerprint density at radius 1 is 1.07 bits per heavy atom. The lowest BCUT2D eigenvalue weighted by Gasteiger charge is -2.23. The van der Waals surface area contributed by atoms with Crippen LogP contribution in [-0.4, -0.2) is 81.9 Å². The smallest absolute Gasteiger partial charge is 0.337 e. The van der Waals surface area contributed by atoms with Gasteiger partial charge in [0.05, 0.1) is 30.7 Å². The van der Waals surface area contributed by atoms with E-state index in [0.717, 1.165) is 37.4 Å². The minimum atomic E-state index is -2.78. The quantitative estimate of drug-likeness (QED) is 0.168. The zero-order valence-corrected chi connectivity index (χ0v) is 26.2. The number of hydrogen-bond donors (Lipinski definition) is 0. The molecule has 0 bridgehead atoms. The second kappa shape index (κ2) is 12.0. The summed E-state index contributed by atoms with van der Waals surface area (Å²) < 4.78 is 65.3. The van der Waals surface area contributed by atoms with Gasteiger partial charge in [0.25, 0.3) is 6.43 Å². The van der Waals surface area contributed by atoms with Crippen molar-refractivity contribution in [3.63, 3.8) is 0 Å². The first kappa shape index (κ1) is 30.7. The zero-order valence-electron chi connectivity index (χ0n) is 26.2. The fraction of sp³-hybridized carbons (Fsp3) is 0.500. The molecule has 12 heteroatoms. The third-order valence-corrected chi connectivity index (χ3v) is 9.77. The molecular formula is C34H38F4N6O2. The summed E-state index contributed by atoms with van der Waals surface area (Å²) in [5.74, 6) is 0.376. The third-order valence-electron chi connectivity index (χ3n) is 9.77. The molecule has 0 amide bonds. The number of halogens is 4. The number of carbonyl (C=O) groups excluding carboxylic acids is 1. The molecule has 2 aromatic heterocycles. The Morgan fingerprint density at radius 3 is 2.43 bits per heavy atom. The van der Waals surface area contributed by atoms with Gasteiger partial charge in [0.2, 0.25) is 0 Å². The first-order valence-electron chi connectivity index (χ1n) is 16.0. The fourth-order valence-electron chi connectivity index (χ4n) is 7.70. The average molecular weight is 639 g/mol. The van der Waals surface area contributed by atoms with Gasteiger partial charge in [-0.1, -0.05) is 12.1 Å². The van der Waals surface area contributed by atoms with Crippen LogP contribution in [-0.2, 0) is 22.5 Å². The summed E-state index contributed by atoms with van der Waals surface area (Å²) in [5.41, 5.74) is 4.23. The summed E-state index contributed by atoms with van der Waals surface area (Å²) in [7, 11) is 0. The van der Waals surface area contributed by atoms with Crippen molar-refractivity contribution in [3.05, 3.63) is 65.4 Å². The van der Waals surface area contributed by atoms with Crippen LogP contribution in [0.1, 0.15) is 48.8 Å². The van der Waals surface area contributed by atoms with Crippen molar-refractivity contribution in [2.24, 2.45) is 11.8 Å². The molecule has 4 aromatic rings. The molecule has 3 aliphatic heterocycles. The third kappa shape index (κ3) is 5.44. The summed E-state index contributed by atoms with van der Waals surface area (Å²) in [6.07, 6.45) is -1.66. The maximum absolute atomic E-state index is 14.6. The summed E-state index contributed by atoms with van der Waals surface area (Å²) in [5, 5.41) is 4.92. The van der Waals surface area contributed by atoms with Crippen molar-refractivity contribution >= 4 is 22.6 Å². The highest BCUT2D eigenvalue weighted by molar-refractivity contribution is 5.92. The Balaban J connectivity index is 1.20. The van der Waals surface area contributed by atoms with Crippen molar-refractivity contribution in [1.29, 1.82) is 0 Å². The Kier molecular flexibility index (Phi) is 8.02. The minimum absolute atomic E-state index is 0.100. The number of nitrogens with zero attached hydrogens (tertiary/aromatic N) is 6. The highest BCUT2D eigenvalue weighted by Gasteiger charge is 2.40. The van der Waals surface area contributed by atoms with Gasteiger partial charge in [-0.3, -0.25) is 9.58 Å². The normalized spacial score (nSPS) is 22.5. The average Bonchev–Trinajstić information content (AvgIpc) is 3.81. The van der Waals surface area contributed by atoms with Gasteiger partial charge in [-0.15, -0.1) is 0 Å². The van der Waals surface area contributed by atoms with Crippen molar-refractivity contribution in [1.82, 2.24) is 24.2 Å². The molecule has 8 nitrogen and oxygen atoms in total. The van der Waals surface area contributed by atoms with Crippen molar-refractivity contribution in [2.75, 3.05) is 44.2 Å². The number of carbonyl (C=O) groups is 1. The number of esters is 1. The lowest BCUT2D eigenvalue weighted by molar-refractivity contribution is -0.146. The first-order valence-corrected chi connectivity index (χ1v) is 16.0. The molecule has 2 aromatic carbocycles. The maximum Gasteiger partial charge on any atom is 0.337 e. The van der Waals surface area contributed by atoms with Crippen LogP contribution in [0.3, 0.4) is 0 Å². The van der Waals surface area contributed by atoms with Crippen LogP contribution >= 0.6 is 0 Å². The van der Waals surface area contributed by atoms with Crippen LogP contribution in [0.25, 0.3) is 22.0 Å². The van der Waals surface area contributed by atoms with Gasteiger partial charge < -0.3 is 14.2 Å². The number of aromatic nitrogens is 4. The summed E-state index contributed by atoms with van der Waals surface area (Å²) in [6.45, 7) is 9.50. The standard InChI is InChI=1S/C34H38F4N6O2/c1-4-46-34(45)32(31-29-9-24(36)16-43(29)18-39-31)44-17-28-27(33(37)38)10-26(20(3)30(28)40-44)21-5-7-25(8-6-21)42-14-22-12-41(11-19(2)35)13-23(22)15-42/h5-8,10,17-19,22-24,32-33H,4,9,11-16H2,1-3H3/t19?,22-,23+,24-,32?/m1/s1. The van der Waals surface area contributed by atoms with Crippen LogP contribution in [0.4, 0.5) is 23.2 Å². The predicted octanol–water partition coefficient (Wildman–Crippen LogP) is 5.92. The predicted molar refractivity (Wildman–Crippen MR) is 167 cm³/mol. The van der Waals surface area contributed by atoms with E-state index in [2.05, 4.69) is 19.9 Å². The van der Waals surface area contributed by atoms with E-state index in [0.29, 0.717) is 46.4 Å². The minimum Gasteiger partial charge on any atom is -0.464 e. The van der Waals surface area contributed by atoms with E-state index >= 15 is 0 Å². The van der Waals surface area contributed by atoms with E-state index in [-0.39, 0.29) is 30.5 Å². The van der Waals surface area contributed by atoms with Crippen LogP contribution in [0.5, 0.6) is 0 Å². The number of alkyl halides is 4. The Morgan fingerprint density at radius 2 is 1.78 bits per heavy atom. The number of rotatable bonds is 9. The van der Waals surface area contributed by atoms with Gasteiger partial charge in [0.15, 0.2) is 6.04 Å². The number of ether oxygens (including phenoxy) is 1. The zero-order chi connectivity index (χ0) is 32.3. The topological polar surface area (TPSA) is 68.4 Å². The first-order chi connectivity index (χ1) is 22.1.